The summed E-state index contributed by atoms with van der Waals surface area (Å²) in [6.45, 7) is 6.91. The van der Waals surface area contributed by atoms with Gasteiger partial charge in [0.25, 0.3) is 5.91 Å². The summed E-state index contributed by atoms with van der Waals surface area (Å²) >= 11 is 5.97. The molecule has 0 radical (unpaired) electrons. The van der Waals surface area contributed by atoms with Crippen LogP contribution >= 0.6 is 11.6 Å². The minimum Gasteiger partial charge on any atom is -0.482 e. The van der Waals surface area contributed by atoms with Gasteiger partial charge in [-0.2, -0.15) is 0 Å². The topological polar surface area (TPSA) is 80.5 Å². The highest BCUT2D eigenvalue weighted by molar-refractivity contribution is 6.31. The van der Waals surface area contributed by atoms with Gasteiger partial charge in [0.1, 0.15) is 17.7 Å². The Morgan fingerprint density at radius 1 is 1.14 bits per heavy atom. The van der Waals surface area contributed by atoms with Crippen LogP contribution in [0, 0.1) is 11.6 Å². The van der Waals surface area contributed by atoms with Gasteiger partial charge in [0.15, 0.2) is 11.6 Å². The van der Waals surface area contributed by atoms with Crippen molar-refractivity contribution in [1.29, 1.82) is 0 Å². The van der Waals surface area contributed by atoms with Gasteiger partial charge in [-0.3, -0.25) is 4.79 Å². The number of aromatic nitrogens is 1. The number of nitrogens with two attached hydrogens (primary N) is 1. The lowest BCUT2D eigenvalue weighted by atomic mass is 10.0. The van der Waals surface area contributed by atoms with Crippen molar-refractivity contribution in [3.8, 4) is 16.9 Å². The molecule has 2 heterocycles. The fourth-order valence-corrected chi connectivity index (χ4v) is 4.69. The molecule has 2 aromatic carbocycles. The van der Waals surface area contributed by atoms with Crippen LogP contribution in [0.1, 0.15) is 42.8 Å². The van der Waals surface area contributed by atoms with Gasteiger partial charge < -0.3 is 20.7 Å². The van der Waals surface area contributed by atoms with Crippen molar-refractivity contribution in [2.75, 3.05) is 18.8 Å². The summed E-state index contributed by atoms with van der Waals surface area (Å²) in [5.41, 5.74) is 7.85. The molecular weight excluding hydrogens is 474 g/mol. The lowest BCUT2D eigenvalue weighted by Gasteiger charge is -2.36. The quantitative estimate of drug-likeness (QED) is 0.469. The zero-order valence-electron chi connectivity index (χ0n) is 19.7. The predicted octanol–water partition coefficient (Wildman–Crippen LogP) is 5.22. The lowest BCUT2D eigenvalue weighted by Crippen LogP contribution is -2.55. The Morgan fingerprint density at radius 2 is 1.83 bits per heavy atom. The number of halogens is 3. The largest absolute Gasteiger partial charge is 0.482 e. The number of nitrogen functional groups attached to an aromatic ring is 1. The summed E-state index contributed by atoms with van der Waals surface area (Å²) in [5, 5.41) is 3.08. The van der Waals surface area contributed by atoms with E-state index in [2.05, 4.69) is 24.1 Å². The Labute approximate surface area is 208 Å². The molecule has 184 valence electrons. The van der Waals surface area contributed by atoms with Crippen LogP contribution in [0.2, 0.25) is 5.02 Å². The molecule has 0 spiro atoms. The molecule has 1 aromatic heterocycles. The molecule has 1 aliphatic rings. The molecule has 3 aromatic rings. The maximum Gasteiger partial charge on any atom is 0.253 e. The van der Waals surface area contributed by atoms with Crippen LogP contribution in [0.3, 0.4) is 0 Å². The number of pyridine rings is 1. The Morgan fingerprint density at radius 3 is 2.54 bits per heavy atom. The highest BCUT2D eigenvalue weighted by Gasteiger charge is 2.26. The van der Waals surface area contributed by atoms with Gasteiger partial charge in [-0.15, -0.1) is 0 Å². The van der Waals surface area contributed by atoms with Crippen LogP contribution in [0.5, 0.6) is 5.75 Å². The second-order valence-corrected chi connectivity index (χ2v) is 9.26. The van der Waals surface area contributed by atoms with Crippen LogP contribution < -0.4 is 15.8 Å². The van der Waals surface area contributed by atoms with E-state index >= 15 is 0 Å². The minimum absolute atomic E-state index is 0.0447. The van der Waals surface area contributed by atoms with Crippen LogP contribution in [0.4, 0.5) is 14.6 Å². The molecule has 1 amide bonds. The van der Waals surface area contributed by atoms with Gasteiger partial charge in [0, 0.05) is 48.1 Å². The Balaban J connectivity index is 1.60. The first-order chi connectivity index (χ1) is 16.6. The van der Waals surface area contributed by atoms with Crippen LogP contribution in [-0.4, -0.2) is 41.0 Å². The molecular formula is C26H27ClF2N4O2. The maximum absolute atomic E-state index is 14.3. The SMILES string of the molecule is CC1CN(C(=O)c2cccc(-c3cnc(N)c(OC(C)c4c(F)ccc(F)c4Cl)c3)c2)CC(C)N1. The number of nitrogens with zero attached hydrogens (tertiary/aromatic N) is 2. The number of carbonyl (C=O) groups excluding carboxylic acids is 1. The summed E-state index contributed by atoms with van der Waals surface area (Å²) in [6.07, 6.45) is 0.642. The van der Waals surface area contributed by atoms with Crippen molar-refractivity contribution in [2.24, 2.45) is 0 Å². The van der Waals surface area contributed by atoms with Gasteiger partial charge in [-0.05, 0) is 56.7 Å². The predicted molar refractivity (Wildman–Crippen MR) is 132 cm³/mol. The van der Waals surface area contributed by atoms with E-state index < -0.39 is 17.7 Å². The average molecular weight is 501 g/mol. The molecule has 0 aliphatic carbocycles. The van der Waals surface area contributed by atoms with E-state index in [1.807, 2.05) is 11.0 Å². The molecule has 3 atom stereocenters. The number of nitrogens with one attached hydrogen (secondary N) is 1. The molecule has 3 unspecified atom stereocenters. The van der Waals surface area contributed by atoms with Gasteiger partial charge in [-0.25, -0.2) is 13.8 Å². The van der Waals surface area contributed by atoms with E-state index in [9.17, 15) is 13.6 Å². The van der Waals surface area contributed by atoms with Crippen molar-refractivity contribution >= 4 is 23.3 Å². The third-order valence-corrected chi connectivity index (χ3v) is 6.34. The number of piperazine rings is 1. The fourth-order valence-electron chi connectivity index (χ4n) is 4.38. The Bertz CT molecular complexity index is 1250. The average Bonchev–Trinajstić information content (AvgIpc) is 2.82. The van der Waals surface area contributed by atoms with E-state index in [1.54, 1.807) is 37.4 Å². The van der Waals surface area contributed by atoms with Gasteiger partial charge >= 0.3 is 0 Å². The first-order valence-electron chi connectivity index (χ1n) is 11.4. The zero-order chi connectivity index (χ0) is 25.3. The number of hydrogen-bond donors (Lipinski definition) is 2. The highest BCUT2D eigenvalue weighted by atomic mass is 35.5. The monoisotopic (exact) mass is 500 g/mol. The van der Waals surface area contributed by atoms with Crippen molar-refractivity contribution < 1.29 is 18.3 Å². The van der Waals surface area contributed by atoms with Crippen LogP contribution in [-0.2, 0) is 0 Å². The van der Waals surface area contributed by atoms with E-state index in [0.717, 1.165) is 17.7 Å². The Hall–Kier alpha value is -3.23. The highest BCUT2D eigenvalue weighted by Crippen LogP contribution is 2.35. The first kappa shape index (κ1) is 24.9. The molecule has 0 bridgehead atoms. The molecule has 1 aliphatic heterocycles. The zero-order valence-corrected chi connectivity index (χ0v) is 20.4. The van der Waals surface area contributed by atoms with Gasteiger partial charge in [0.2, 0.25) is 0 Å². The number of rotatable bonds is 5. The van der Waals surface area contributed by atoms with Crippen LogP contribution in [0.15, 0.2) is 48.7 Å². The van der Waals surface area contributed by atoms with E-state index in [-0.39, 0.29) is 40.1 Å². The summed E-state index contributed by atoms with van der Waals surface area (Å²) in [6, 6.07) is 11.3. The Kier molecular flexibility index (Phi) is 7.23. The third kappa shape index (κ3) is 5.39. The minimum atomic E-state index is -0.929. The normalized spacial score (nSPS) is 18.9. The summed E-state index contributed by atoms with van der Waals surface area (Å²) < 4.78 is 34.1. The van der Waals surface area contributed by atoms with Gasteiger partial charge in [-0.1, -0.05) is 23.7 Å². The third-order valence-electron chi connectivity index (χ3n) is 5.96. The van der Waals surface area contributed by atoms with E-state index in [1.165, 1.54) is 0 Å². The molecule has 35 heavy (non-hydrogen) atoms. The summed E-state index contributed by atoms with van der Waals surface area (Å²) in [4.78, 5) is 19.2. The first-order valence-corrected chi connectivity index (χ1v) is 11.7. The van der Waals surface area contributed by atoms with Crippen molar-refractivity contribution in [3.63, 3.8) is 0 Å². The number of hydrogen-bond acceptors (Lipinski definition) is 5. The molecule has 3 N–H and O–H groups in total. The van der Waals surface area contributed by atoms with Crippen LogP contribution in [0.25, 0.3) is 11.1 Å². The number of anilines is 1. The lowest BCUT2D eigenvalue weighted by molar-refractivity contribution is 0.0674. The molecule has 6 nitrogen and oxygen atoms in total. The fraction of sp³-hybridized carbons (Fsp3) is 0.308. The standard InChI is InChI=1S/C26H27ClF2N4O2/c1-14-12-33(13-15(2)32-14)26(34)18-6-4-5-17(9-18)19-10-22(25(30)31-11-19)35-16(3)23-20(28)7-8-21(29)24(23)27/h4-11,14-16,32H,12-13H2,1-3H3,(H2,30,31). The number of amides is 1. The summed E-state index contributed by atoms with van der Waals surface area (Å²) in [7, 11) is 0. The second kappa shape index (κ2) is 10.2. The second-order valence-electron chi connectivity index (χ2n) is 8.88. The van der Waals surface area contributed by atoms with Gasteiger partial charge in [0.05, 0.1) is 5.02 Å². The molecule has 4 rings (SSSR count). The molecule has 1 fully saturated rings. The van der Waals surface area contributed by atoms with Crippen molar-refractivity contribution in [3.05, 3.63) is 76.4 Å². The van der Waals surface area contributed by atoms with E-state index in [0.29, 0.717) is 24.2 Å². The maximum atomic E-state index is 14.3. The number of ether oxygens (including phenoxy) is 1. The number of carbonyl (C=O) groups is 1. The smallest absolute Gasteiger partial charge is 0.253 e. The van der Waals surface area contributed by atoms with E-state index in [4.69, 9.17) is 22.1 Å². The molecule has 9 heteroatoms. The number of benzene rings is 2. The summed E-state index contributed by atoms with van der Waals surface area (Å²) in [5.74, 6) is -1.19. The molecule has 0 saturated carbocycles. The van der Waals surface area contributed by atoms with Crippen molar-refractivity contribution in [1.82, 2.24) is 15.2 Å². The molecule has 1 saturated heterocycles. The van der Waals surface area contributed by atoms with Crippen molar-refractivity contribution in [2.45, 2.75) is 39.0 Å².